The summed E-state index contributed by atoms with van der Waals surface area (Å²) >= 11 is 10.8. The van der Waals surface area contributed by atoms with Gasteiger partial charge in [-0.15, -0.1) is 0 Å². The van der Waals surface area contributed by atoms with Gasteiger partial charge >= 0.3 is 0 Å². The number of thiocarbonyl (C=S) groups is 1. The normalized spacial score (nSPS) is 22.5. The monoisotopic (exact) mass is 361 g/mol. The van der Waals surface area contributed by atoms with Crippen LogP contribution in [0.15, 0.2) is 15.8 Å². The summed E-state index contributed by atoms with van der Waals surface area (Å²) in [5, 5.41) is 4.40. The minimum Gasteiger partial charge on any atom is -0.393 e. The number of nitrogens with one attached hydrogen (secondary N) is 1. The van der Waals surface area contributed by atoms with Crippen molar-refractivity contribution in [3.05, 3.63) is 10.9 Å². The number of hydrogen-bond donors (Lipinski definition) is 3. The molecule has 0 heterocycles. The number of nitrogens with two attached hydrogens (primary N) is 2. The minimum absolute atomic E-state index is 0.0171. The Morgan fingerprint density at radius 2 is 2.30 bits per heavy atom. The molecule has 1 fully saturated rings. The van der Waals surface area contributed by atoms with Crippen LogP contribution < -0.4 is 16.9 Å². The lowest BCUT2D eigenvalue weighted by atomic mass is 10.2. The maximum Gasteiger partial charge on any atom is 0.164 e. The Bertz CT molecular complexity index is 472. The zero-order valence-electron chi connectivity index (χ0n) is 13.2. The number of aliphatic imine (C=N–C) groups is 1. The van der Waals surface area contributed by atoms with Crippen LogP contribution in [0.25, 0.3) is 0 Å². The van der Waals surface area contributed by atoms with Crippen molar-refractivity contribution in [3.63, 3.8) is 0 Å². The van der Waals surface area contributed by atoms with Crippen LogP contribution in [-0.2, 0) is 9.53 Å². The first-order valence-electron chi connectivity index (χ1n) is 7.54. The molecule has 9 heteroatoms. The molecule has 0 saturated heterocycles. The summed E-state index contributed by atoms with van der Waals surface area (Å²) in [6.07, 6.45) is 4.00. The zero-order valence-corrected chi connectivity index (χ0v) is 14.8. The second kappa shape index (κ2) is 10.5. The molecule has 23 heavy (non-hydrogen) atoms. The van der Waals surface area contributed by atoms with Gasteiger partial charge in [0.05, 0.1) is 11.6 Å². The average Bonchev–Trinajstić information content (AvgIpc) is 3.01. The first kappa shape index (κ1) is 19.8. The van der Waals surface area contributed by atoms with Gasteiger partial charge in [-0.05, 0) is 25.7 Å². The van der Waals surface area contributed by atoms with Crippen molar-refractivity contribution in [2.75, 3.05) is 13.2 Å². The molecule has 0 bridgehead atoms. The molecule has 0 spiro atoms. The van der Waals surface area contributed by atoms with Crippen molar-refractivity contribution >= 4 is 41.4 Å². The van der Waals surface area contributed by atoms with Crippen molar-refractivity contribution in [1.29, 1.82) is 0 Å². The third kappa shape index (κ3) is 6.06. The molecule has 130 valence electrons. The molecular formula is C14H24ClN5O2S. The summed E-state index contributed by atoms with van der Waals surface area (Å²) in [6, 6.07) is 0.0257. The lowest BCUT2D eigenvalue weighted by molar-refractivity contribution is -0.113. The molecule has 7 nitrogen and oxygen atoms in total. The van der Waals surface area contributed by atoms with E-state index in [1.807, 2.05) is 6.92 Å². The third-order valence-electron chi connectivity index (χ3n) is 3.54. The van der Waals surface area contributed by atoms with E-state index in [1.165, 1.54) is 5.49 Å². The van der Waals surface area contributed by atoms with Crippen molar-refractivity contribution in [3.8, 4) is 0 Å². The molecule has 0 radical (unpaired) electrons. The first-order valence-corrected chi connectivity index (χ1v) is 8.39. The van der Waals surface area contributed by atoms with Gasteiger partial charge in [0.25, 0.3) is 0 Å². The van der Waals surface area contributed by atoms with Crippen LogP contribution in [0.5, 0.6) is 0 Å². The van der Waals surface area contributed by atoms with Crippen LogP contribution in [0.1, 0.15) is 32.6 Å². The maximum atomic E-state index is 10.4. The molecule has 0 aromatic carbocycles. The summed E-state index contributed by atoms with van der Waals surface area (Å²) < 4.78 is 5.45. The number of rotatable bonds is 9. The number of ether oxygens (including phenoxy) is 1. The largest absolute Gasteiger partial charge is 0.393 e. The van der Waals surface area contributed by atoms with Gasteiger partial charge in [0.2, 0.25) is 0 Å². The topological polar surface area (TPSA) is 106 Å². The highest BCUT2D eigenvalue weighted by molar-refractivity contribution is 7.78. The Morgan fingerprint density at radius 3 is 2.91 bits per heavy atom. The fraction of sp³-hybridized carbons (Fsp3) is 0.643. The molecule has 0 aliphatic heterocycles. The van der Waals surface area contributed by atoms with E-state index in [0.717, 1.165) is 25.5 Å². The van der Waals surface area contributed by atoms with Gasteiger partial charge in [-0.1, -0.05) is 30.7 Å². The van der Waals surface area contributed by atoms with Gasteiger partial charge in [0, 0.05) is 12.6 Å². The van der Waals surface area contributed by atoms with Gasteiger partial charge in [0.15, 0.2) is 5.84 Å². The average molecular weight is 362 g/mol. The highest BCUT2D eigenvalue weighted by atomic mass is 35.5. The smallest absolute Gasteiger partial charge is 0.164 e. The van der Waals surface area contributed by atoms with Crippen LogP contribution in [0.2, 0.25) is 0 Å². The van der Waals surface area contributed by atoms with Gasteiger partial charge in [-0.25, -0.2) is 5.84 Å². The lowest BCUT2D eigenvalue weighted by Crippen LogP contribution is -2.47. The first-order chi connectivity index (χ1) is 11.0. The second-order valence-corrected chi connectivity index (χ2v) is 5.80. The number of hydrogen-bond acceptors (Lipinski definition) is 6. The Balaban J connectivity index is 2.85. The molecule has 2 atom stereocenters. The predicted molar refractivity (Wildman–Crippen MR) is 95.9 cm³/mol. The number of halogens is 1. The molecule has 1 aliphatic rings. The Morgan fingerprint density at radius 1 is 1.57 bits per heavy atom. The van der Waals surface area contributed by atoms with Crippen LogP contribution in [-0.4, -0.2) is 47.9 Å². The van der Waals surface area contributed by atoms with Gasteiger partial charge in [-0.3, -0.25) is 10.0 Å². The van der Waals surface area contributed by atoms with E-state index < -0.39 is 0 Å². The quantitative estimate of drug-likeness (QED) is 0.107. The van der Waals surface area contributed by atoms with E-state index in [2.05, 4.69) is 10.3 Å². The van der Waals surface area contributed by atoms with Crippen LogP contribution in [0.3, 0.4) is 0 Å². The molecule has 1 aliphatic carbocycles. The highest BCUT2D eigenvalue weighted by Crippen LogP contribution is 2.26. The van der Waals surface area contributed by atoms with Crippen molar-refractivity contribution < 1.29 is 9.53 Å². The van der Waals surface area contributed by atoms with Gasteiger partial charge < -0.3 is 20.6 Å². The van der Waals surface area contributed by atoms with Crippen LogP contribution >= 0.6 is 23.8 Å². The molecule has 5 N–H and O–H groups in total. The Labute approximate surface area is 147 Å². The summed E-state index contributed by atoms with van der Waals surface area (Å²) in [4.78, 5) is 14.8. The molecule has 0 amide bonds. The molecule has 1 rings (SSSR count). The highest BCUT2D eigenvalue weighted by Gasteiger charge is 2.31. The molecule has 0 aromatic rings. The van der Waals surface area contributed by atoms with Crippen LogP contribution in [0.4, 0.5) is 0 Å². The molecule has 1 saturated carbocycles. The van der Waals surface area contributed by atoms with Crippen molar-refractivity contribution in [1.82, 2.24) is 10.3 Å². The number of carbonyl (C=O) groups is 1. The van der Waals surface area contributed by atoms with E-state index >= 15 is 0 Å². The van der Waals surface area contributed by atoms with Crippen molar-refractivity contribution in [2.45, 2.75) is 44.8 Å². The van der Waals surface area contributed by atoms with Gasteiger partial charge in [0.1, 0.15) is 23.7 Å². The fourth-order valence-electron chi connectivity index (χ4n) is 2.42. The van der Waals surface area contributed by atoms with E-state index in [1.54, 1.807) is 5.01 Å². The molecule has 2 unspecified atom stereocenters. The number of hydrazine groups is 1. The Kier molecular flexibility index (Phi) is 9.08. The van der Waals surface area contributed by atoms with Crippen LogP contribution in [0, 0.1) is 0 Å². The van der Waals surface area contributed by atoms with E-state index in [9.17, 15) is 4.79 Å². The number of carbonyl (C=O) groups excluding carboxylic acids is 1. The number of nitrogens with zero attached hydrogens (tertiary/aromatic N) is 2. The van der Waals surface area contributed by atoms with Crippen molar-refractivity contribution in [2.24, 2.45) is 16.6 Å². The summed E-state index contributed by atoms with van der Waals surface area (Å²) in [7, 11) is 0. The third-order valence-corrected chi connectivity index (χ3v) is 3.97. The molecular weight excluding hydrogens is 338 g/mol. The summed E-state index contributed by atoms with van der Waals surface area (Å²) in [6.45, 7) is 2.70. The number of amidine groups is 1. The minimum atomic E-state index is 0.0171. The maximum absolute atomic E-state index is 10.4. The summed E-state index contributed by atoms with van der Waals surface area (Å²) in [5.41, 5.74) is 7.58. The van der Waals surface area contributed by atoms with E-state index in [0.29, 0.717) is 18.8 Å². The zero-order chi connectivity index (χ0) is 17.2. The van der Waals surface area contributed by atoms with E-state index in [4.69, 9.17) is 40.1 Å². The SMILES string of the molecule is CCCN=C(/C(N)=C(/Cl)NC=S)N(N)C1CCC(OCC=O)C1. The summed E-state index contributed by atoms with van der Waals surface area (Å²) in [5.74, 6) is 6.66. The Hall–Kier alpha value is -1.22. The number of aldehydes is 1. The second-order valence-electron chi connectivity index (χ2n) is 5.19. The fourth-order valence-corrected chi connectivity index (χ4v) is 2.74. The molecule has 0 aromatic heterocycles. The standard InChI is InChI=1S/C14H24ClN5O2S/c1-2-5-18-14(12(16)13(15)19-9-23)20(17)10-3-4-11(8-10)22-7-6-21/h6,9-11H,2-5,7-8,16-17H2,1H3,(H,19,23)/b13-12+,18-14?. The lowest BCUT2D eigenvalue weighted by Gasteiger charge is -2.28. The predicted octanol–water partition coefficient (Wildman–Crippen LogP) is 1.02. The van der Waals surface area contributed by atoms with Gasteiger partial charge in [-0.2, -0.15) is 0 Å². The van der Waals surface area contributed by atoms with E-state index in [-0.39, 0.29) is 29.6 Å².